The quantitative estimate of drug-likeness (QED) is 0.897. The first kappa shape index (κ1) is 15.0. The van der Waals surface area contributed by atoms with E-state index in [9.17, 15) is 18.0 Å². The molecule has 2 aliphatic rings. The molecular weight excluding hydrogens is 306 g/mol. The Morgan fingerprint density at radius 1 is 1.27 bits per heavy atom. The molecule has 1 atom stereocenters. The Morgan fingerprint density at radius 3 is 2.55 bits per heavy atom. The molecule has 0 aliphatic carbocycles. The predicted octanol–water partition coefficient (Wildman–Crippen LogP) is 1.16. The lowest BCUT2D eigenvalue weighted by atomic mass is 10.00. The predicted molar refractivity (Wildman–Crippen MR) is 79.7 cm³/mol. The summed E-state index contributed by atoms with van der Waals surface area (Å²) in [5.41, 5.74) is 2.60. The Kier molecular flexibility index (Phi) is 3.47. The summed E-state index contributed by atoms with van der Waals surface area (Å²) >= 11 is 0. The van der Waals surface area contributed by atoms with Crippen molar-refractivity contribution in [3.8, 4) is 0 Å². The maximum absolute atomic E-state index is 12.6. The first-order valence-electron chi connectivity index (χ1n) is 7.22. The van der Waals surface area contributed by atoms with E-state index in [1.54, 1.807) is 17.0 Å². The molecule has 0 fully saturated rings. The number of nitrogens with zero attached hydrogens (tertiary/aromatic N) is 1. The van der Waals surface area contributed by atoms with Gasteiger partial charge in [-0.15, -0.1) is 0 Å². The minimum absolute atomic E-state index is 0.0844. The zero-order valence-electron chi connectivity index (χ0n) is 12.2. The molecule has 1 aromatic carbocycles. The lowest BCUT2D eigenvalue weighted by Crippen LogP contribution is -2.33. The normalized spacial score (nSPS) is 18.2. The van der Waals surface area contributed by atoms with Crippen molar-refractivity contribution in [3.05, 3.63) is 23.3 Å². The van der Waals surface area contributed by atoms with Gasteiger partial charge in [-0.2, -0.15) is 0 Å². The Hall–Kier alpha value is -1.89. The van der Waals surface area contributed by atoms with Crippen LogP contribution in [0.3, 0.4) is 0 Å². The van der Waals surface area contributed by atoms with Crippen LogP contribution in [0.5, 0.6) is 0 Å². The smallest absolute Gasteiger partial charge is 0.304 e. The Morgan fingerprint density at radius 2 is 1.91 bits per heavy atom. The summed E-state index contributed by atoms with van der Waals surface area (Å²) in [6, 6.07) is 3.21. The van der Waals surface area contributed by atoms with Crippen LogP contribution in [0, 0.1) is 0 Å². The standard InChI is InChI=1S/C15H17NO5S/c1-9(6-14(18)19)22(20,21)12-7-10-2-3-13(17)16-5-4-11(8-12)15(10)16/h7-9H,2-6H2,1H3,(H,18,19)/t9-/m0/s1. The lowest BCUT2D eigenvalue weighted by Gasteiger charge is -2.26. The second-order valence-corrected chi connectivity index (χ2v) is 8.21. The maximum atomic E-state index is 12.6. The van der Waals surface area contributed by atoms with Gasteiger partial charge in [0.15, 0.2) is 9.84 Å². The van der Waals surface area contributed by atoms with Crippen LogP contribution >= 0.6 is 0 Å². The molecule has 0 saturated heterocycles. The highest BCUT2D eigenvalue weighted by Gasteiger charge is 2.34. The fraction of sp³-hybridized carbons (Fsp3) is 0.467. The van der Waals surface area contributed by atoms with Gasteiger partial charge < -0.3 is 10.0 Å². The monoisotopic (exact) mass is 323 g/mol. The SMILES string of the molecule is C[C@@H](CC(=O)O)S(=O)(=O)c1cc2c3c(c1)CCN3C(=O)CC2. The zero-order chi connectivity index (χ0) is 16.1. The van der Waals surface area contributed by atoms with Crippen molar-refractivity contribution in [2.75, 3.05) is 11.4 Å². The Balaban J connectivity index is 2.04. The van der Waals surface area contributed by atoms with Crippen LogP contribution in [0.2, 0.25) is 0 Å². The molecule has 1 N–H and O–H groups in total. The molecular formula is C15H17NO5S. The van der Waals surface area contributed by atoms with Crippen molar-refractivity contribution in [2.45, 2.75) is 42.8 Å². The number of amides is 1. The highest BCUT2D eigenvalue weighted by molar-refractivity contribution is 7.92. The summed E-state index contributed by atoms with van der Waals surface area (Å²) < 4.78 is 25.1. The van der Waals surface area contributed by atoms with Crippen LogP contribution in [-0.4, -0.2) is 37.2 Å². The first-order valence-corrected chi connectivity index (χ1v) is 8.77. The minimum atomic E-state index is -3.68. The van der Waals surface area contributed by atoms with E-state index in [-0.39, 0.29) is 10.8 Å². The molecule has 0 radical (unpaired) electrons. The number of carboxylic acid groups (broad SMARTS) is 1. The van der Waals surface area contributed by atoms with Crippen molar-refractivity contribution in [1.29, 1.82) is 0 Å². The number of carbonyl (C=O) groups excluding carboxylic acids is 1. The van der Waals surface area contributed by atoms with Crippen LogP contribution in [0.25, 0.3) is 0 Å². The highest BCUT2D eigenvalue weighted by atomic mass is 32.2. The fourth-order valence-electron chi connectivity index (χ4n) is 3.18. The molecule has 0 spiro atoms. The molecule has 118 valence electrons. The molecule has 1 amide bonds. The molecule has 3 rings (SSSR count). The number of aliphatic carboxylic acids is 1. The summed E-state index contributed by atoms with van der Waals surface area (Å²) in [6.45, 7) is 2.01. The molecule has 7 heteroatoms. The minimum Gasteiger partial charge on any atom is -0.481 e. The third-order valence-corrected chi connectivity index (χ3v) is 6.46. The number of rotatable bonds is 4. The molecule has 22 heavy (non-hydrogen) atoms. The van der Waals surface area contributed by atoms with Crippen LogP contribution in [-0.2, 0) is 32.3 Å². The summed E-state index contributed by atoms with van der Waals surface area (Å²) in [5.74, 6) is -1.04. The second-order valence-electron chi connectivity index (χ2n) is 5.84. The molecule has 6 nitrogen and oxygen atoms in total. The number of aryl methyl sites for hydroxylation is 1. The Bertz CT molecular complexity index is 768. The molecule has 2 aliphatic heterocycles. The molecule has 0 saturated carbocycles. The van der Waals surface area contributed by atoms with Gasteiger partial charge in [0.25, 0.3) is 0 Å². The van der Waals surface area contributed by atoms with Crippen LogP contribution < -0.4 is 4.90 Å². The molecule has 0 bridgehead atoms. The number of hydrogen-bond acceptors (Lipinski definition) is 4. The molecule has 2 heterocycles. The van der Waals surface area contributed by atoms with Gasteiger partial charge in [-0.25, -0.2) is 8.42 Å². The van der Waals surface area contributed by atoms with Crippen molar-refractivity contribution in [3.63, 3.8) is 0 Å². The van der Waals surface area contributed by atoms with Crippen molar-refractivity contribution in [2.24, 2.45) is 0 Å². The van der Waals surface area contributed by atoms with Gasteiger partial charge in [-0.05, 0) is 43.0 Å². The van der Waals surface area contributed by atoms with Gasteiger partial charge in [-0.1, -0.05) is 0 Å². The number of carbonyl (C=O) groups is 2. The lowest BCUT2D eigenvalue weighted by molar-refractivity contribution is -0.137. The first-order chi connectivity index (χ1) is 10.3. The topological polar surface area (TPSA) is 91.8 Å². The fourth-order valence-corrected chi connectivity index (χ4v) is 4.62. The van der Waals surface area contributed by atoms with Crippen molar-refractivity contribution < 1.29 is 23.1 Å². The van der Waals surface area contributed by atoms with Gasteiger partial charge in [0.2, 0.25) is 5.91 Å². The maximum Gasteiger partial charge on any atom is 0.304 e. The number of carboxylic acids is 1. The van der Waals surface area contributed by atoms with E-state index in [0.717, 1.165) is 16.8 Å². The van der Waals surface area contributed by atoms with Crippen molar-refractivity contribution >= 4 is 27.4 Å². The van der Waals surface area contributed by atoms with E-state index in [2.05, 4.69) is 0 Å². The highest BCUT2D eigenvalue weighted by Crippen LogP contribution is 2.39. The summed E-state index contributed by atoms with van der Waals surface area (Å²) in [6.07, 6.45) is 1.15. The van der Waals surface area contributed by atoms with Crippen LogP contribution in [0.4, 0.5) is 5.69 Å². The molecule has 0 aromatic heterocycles. The summed E-state index contributed by atoms with van der Waals surface area (Å²) in [5, 5.41) is 7.84. The van der Waals surface area contributed by atoms with E-state index in [0.29, 0.717) is 25.8 Å². The summed E-state index contributed by atoms with van der Waals surface area (Å²) in [4.78, 5) is 24.6. The van der Waals surface area contributed by atoms with Crippen LogP contribution in [0.15, 0.2) is 17.0 Å². The van der Waals surface area contributed by atoms with E-state index in [1.807, 2.05) is 0 Å². The van der Waals surface area contributed by atoms with E-state index in [1.165, 1.54) is 6.92 Å². The largest absolute Gasteiger partial charge is 0.481 e. The third kappa shape index (κ3) is 2.29. The molecule has 0 unspecified atom stereocenters. The van der Waals surface area contributed by atoms with E-state index < -0.39 is 27.5 Å². The van der Waals surface area contributed by atoms with Gasteiger partial charge in [0, 0.05) is 13.0 Å². The van der Waals surface area contributed by atoms with Crippen molar-refractivity contribution in [1.82, 2.24) is 0 Å². The van der Waals surface area contributed by atoms with Gasteiger partial charge >= 0.3 is 5.97 Å². The summed E-state index contributed by atoms with van der Waals surface area (Å²) in [7, 11) is -3.68. The average molecular weight is 323 g/mol. The average Bonchev–Trinajstić information content (AvgIpc) is 2.87. The molecule has 1 aromatic rings. The van der Waals surface area contributed by atoms with Gasteiger partial charge in [-0.3, -0.25) is 9.59 Å². The van der Waals surface area contributed by atoms with Gasteiger partial charge in [0.05, 0.1) is 22.3 Å². The number of anilines is 1. The van der Waals surface area contributed by atoms with E-state index in [4.69, 9.17) is 5.11 Å². The third-order valence-electron chi connectivity index (χ3n) is 4.35. The number of hydrogen-bond donors (Lipinski definition) is 1. The number of benzene rings is 1. The van der Waals surface area contributed by atoms with E-state index >= 15 is 0 Å². The Labute approximate surface area is 128 Å². The zero-order valence-corrected chi connectivity index (χ0v) is 13.0. The van der Waals surface area contributed by atoms with Gasteiger partial charge in [0.1, 0.15) is 0 Å². The van der Waals surface area contributed by atoms with Crippen LogP contribution in [0.1, 0.15) is 30.9 Å². The second kappa shape index (κ2) is 5.08. The number of sulfone groups is 1.